The molecule has 6 nitrogen and oxygen atoms in total. The third-order valence-electron chi connectivity index (χ3n) is 5.42. The number of benzene rings is 1. The first kappa shape index (κ1) is 18.9. The summed E-state index contributed by atoms with van der Waals surface area (Å²) in [6.07, 6.45) is 3.86. The van der Waals surface area contributed by atoms with Crippen LogP contribution in [0.4, 0.5) is 0 Å². The van der Waals surface area contributed by atoms with Crippen LogP contribution in [0.1, 0.15) is 36.8 Å². The summed E-state index contributed by atoms with van der Waals surface area (Å²) in [5.41, 5.74) is 2.43. The Morgan fingerprint density at radius 1 is 0.962 bits per heavy atom. The fourth-order valence-electron chi connectivity index (χ4n) is 3.76. The standard InChI is InChI=1S/C20H29N3O3/c24-19(15-23-11-7-18(8-12-23)20(25)26)21-13-16-3-5-17(6-4-16)14-22-9-1-2-10-22/h3-6,18H,1-2,7-15H2,(H,21,24)(H,25,26). The molecule has 0 radical (unpaired) electrons. The van der Waals surface area contributed by atoms with Gasteiger partial charge in [0, 0.05) is 13.1 Å². The molecule has 3 rings (SSSR count). The normalized spacial score (nSPS) is 19.5. The molecule has 0 saturated carbocycles. The van der Waals surface area contributed by atoms with Crippen molar-refractivity contribution >= 4 is 11.9 Å². The molecule has 0 aromatic heterocycles. The largest absolute Gasteiger partial charge is 0.481 e. The summed E-state index contributed by atoms with van der Waals surface area (Å²) in [5, 5.41) is 12.0. The molecule has 26 heavy (non-hydrogen) atoms. The van der Waals surface area contributed by atoms with E-state index >= 15 is 0 Å². The van der Waals surface area contributed by atoms with Crippen LogP contribution in [0.5, 0.6) is 0 Å². The molecular weight excluding hydrogens is 330 g/mol. The zero-order valence-corrected chi connectivity index (χ0v) is 15.3. The molecule has 1 amide bonds. The third kappa shape index (κ3) is 5.54. The number of rotatable bonds is 7. The Hall–Kier alpha value is -1.92. The maximum atomic E-state index is 12.1. The zero-order chi connectivity index (χ0) is 18.4. The van der Waals surface area contributed by atoms with Crippen LogP contribution in [0.25, 0.3) is 0 Å². The summed E-state index contributed by atoms with van der Waals surface area (Å²) < 4.78 is 0. The first-order valence-corrected chi connectivity index (χ1v) is 9.62. The summed E-state index contributed by atoms with van der Waals surface area (Å²) in [4.78, 5) is 27.6. The Kier molecular flexibility index (Phi) is 6.63. The minimum absolute atomic E-state index is 0.0000757. The second-order valence-corrected chi connectivity index (χ2v) is 7.47. The van der Waals surface area contributed by atoms with E-state index in [-0.39, 0.29) is 11.8 Å². The zero-order valence-electron chi connectivity index (χ0n) is 15.3. The number of carbonyl (C=O) groups excluding carboxylic acids is 1. The van der Waals surface area contributed by atoms with E-state index < -0.39 is 5.97 Å². The molecule has 0 spiro atoms. The molecular formula is C20H29N3O3. The highest BCUT2D eigenvalue weighted by Crippen LogP contribution is 2.17. The third-order valence-corrected chi connectivity index (χ3v) is 5.42. The first-order valence-electron chi connectivity index (χ1n) is 9.62. The molecule has 142 valence electrons. The van der Waals surface area contributed by atoms with Crippen molar-refractivity contribution in [3.05, 3.63) is 35.4 Å². The van der Waals surface area contributed by atoms with Crippen LogP contribution >= 0.6 is 0 Å². The van der Waals surface area contributed by atoms with Gasteiger partial charge in [-0.15, -0.1) is 0 Å². The van der Waals surface area contributed by atoms with Gasteiger partial charge < -0.3 is 10.4 Å². The van der Waals surface area contributed by atoms with Gasteiger partial charge in [0.15, 0.2) is 0 Å². The average molecular weight is 359 g/mol. The van der Waals surface area contributed by atoms with E-state index in [0.29, 0.717) is 39.0 Å². The van der Waals surface area contributed by atoms with Gasteiger partial charge in [0.2, 0.25) is 5.91 Å². The van der Waals surface area contributed by atoms with Crippen LogP contribution in [0.3, 0.4) is 0 Å². The SMILES string of the molecule is O=C(CN1CCC(C(=O)O)CC1)NCc1ccc(CN2CCCC2)cc1. The summed E-state index contributed by atoms with van der Waals surface area (Å²) >= 11 is 0. The lowest BCUT2D eigenvalue weighted by molar-refractivity contribution is -0.143. The molecule has 1 aromatic carbocycles. The molecule has 2 aliphatic heterocycles. The monoisotopic (exact) mass is 359 g/mol. The minimum Gasteiger partial charge on any atom is -0.481 e. The van der Waals surface area contributed by atoms with E-state index in [4.69, 9.17) is 5.11 Å². The van der Waals surface area contributed by atoms with Gasteiger partial charge in [-0.3, -0.25) is 19.4 Å². The van der Waals surface area contributed by atoms with Crippen LogP contribution in [0.2, 0.25) is 0 Å². The van der Waals surface area contributed by atoms with Crippen molar-refractivity contribution in [2.24, 2.45) is 5.92 Å². The van der Waals surface area contributed by atoms with Gasteiger partial charge >= 0.3 is 5.97 Å². The molecule has 0 aliphatic carbocycles. The van der Waals surface area contributed by atoms with Gasteiger partial charge in [0.05, 0.1) is 12.5 Å². The highest BCUT2D eigenvalue weighted by atomic mass is 16.4. The lowest BCUT2D eigenvalue weighted by Crippen LogP contribution is -2.42. The number of piperidine rings is 1. The maximum Gasteiger partial charge on any atom is 0.306 e. The van der Waals surface area contributed by atoms with Crippen LogP contribution in [-0.4, -0.2) is 59.5 Å². The number of amides is 1. The number of carbonyl (C=O) groups is 2. The number of nitrogens with one attached hydrogen (secondary N) is 1. The molecule has 0 bridgehead atoms. The smallest absolute Gasteiger partial charge is 0.306 e. The minimum atomic E-state index is -0.720. The van der Waals surface area contributed by atoms with E-state index in [0.717, 1.165) is 12.1 Å². The Labute approximate surface area is 155 Å². The Morgan fingerprint density at radius 2 is 1.58 bits per heavy atom. The van der Waals surface area contributed by atoms with Gasteiger partial charge in [0.1, 0.15) is 0 Å². The van der Waals surface area contributed by atoms with Gasteiger partial charge in [-0.2, -0.15) is 0 Å². The topological polar surface area (TPSA) is 72.9 Å². The predicted octanol–water partition coefficient (Wildman–Crippen LogP) is 1.70. The molecule has 2 aliphatic rings. The molecule has 0 atom stereocenters. The number of hydrogen-bond donors (Lipinski definition) is 2. The van der Waals surface area contributed by atoms with Crippen LogP contribution < -0.4 is 5.32 Å². The number of carboxylic acids is 1. The summed E-state index contributed by atoms with van der Waals surface area (Å²) in [6.45, 7) is 5.64. The second-order valence-electron chi connectivity index (χ2n) is 7.47. The molecule has 2 fully saturated rings. The van der Waals surface area contributed by atoms with Crippen molar-refractivity contribution in [1.82, 2.24) is 15.1 Å². The number of likely N-dealkylation sites (tertiary alicyclic amines) is 2. The van der Waals surface area contributed by atoms with E-state index in [1.807, 2.05) is 4.90 Å². The van der Waals surface area contributed by atoms with Gasteiger partial charge in [-0.25, -0.2) is 0 Å². The Balaban J connectivity index is 1.37. The second kappa shape index (κ2) is 9.14. The summed E-state index contributed by atoms with van der Waals surface area (Å²) in [5.74, 6) is -0.976. The van der Waals surface area contributed by atoms with Gasteiger partial charge in [0.25, 0.3) is 0 Å². The van der Waals surface area contributed by atoms with Crippen LogP contribution in [-0.2, 0) is 22.7 Å². The van der Waals surface area contributed by atoms with Gasteiger partial charge in [-0.05, 0) is 63.0 Å². The maximum absolute atomic E-state index is 12.1. The molecule has 2 N–H and O–H groups in total. The highest BCUT2D eigenvalue weighted by molar-refractivity contribution is 5.78. The molecule has 1 aromatic rings. The van der Waals surface area contributed by atoms with Crippen molar-refractivity contribution in [1.29, 1.82) is 0 Å². The van der Waals surface area contributed by atoms with Gasteiger partial charge in [-0.1, -0.05) is 24.3 Å². The first-order chi connectivity index (χ1) is 12.6. The van der Waals surface area contributed by atoms with E-state index in [1.165, 1.54) is 31.5 Å². The molecule has 2 heterocycles. The van der Waals surface area contributed by atoms with Crippen molar-refractivity contribution in [3.8, 4) is 0 Å². The van der Waals surface area contributed by atoms with Crippen molar-refractivity contribution in [3.63, 3.8) is 0 Å². The van der Waals surface area contributed by atoms with Crippen molar-refractivity contribution in [2.75, 3.05) is 32.7 Å². The van der Waals surface area contributed by atoms with E-state index in [1.54, 1.807) is 0 Å². The highest BCUT2D eigenvalue weighted by Gasteiger charge is 2.25. The summed E-state index contributed by atoms with van der Waals surface area (Å²) in [7, 11) is 0. The van der Waals surface area contributed by atoms with Crippen LogP contribution in [0, 0.1) is 5.92 Å². The summed E-state index contributed by atoms with van der Waals surface area (Å²) in [6, 6.07) is 8.47. The number of nitrogens with zero attached hydrogens (tertiary/aromatic N) is 2. The average Bonchev–Trinajstić information content (AvgIpc) is 3.15. The Morgan fingerprint density at radius 3 is 2.19 bits per heavy atom. The molecule has 2 saturated heterocycles. The molecule has 0 unspecified atom stereocenters. The van der Waals surface area contributed by atoms with Crippen molar-refractivity contribution < 1.29 is 14.7 Å². The Bertz CT molecular complexity index is 603. The number of aliphatic carboxylic acids is 1. The lowest BCUT2D eigenvalue weighted by atomic mass is 9.97. The quantitative estimate of drug-likeness (QED) is 0.775. The van der Waals surface area contributed by atoms with E-state index in [9.17, 15) is 9.59 Å². The van der Waals surface area contributed by atoms with E-state index in [2.05, 4.69) is 34.5 Å². The number of carboxylic acid groups (broad SMARTS) is 1. The van der Waals surface area contributed by atoms with Crippen molar-refractivity contribution in [2.45, 2.75) is 38.8 Å². The fraction of sp³-hybridized carbons (Fsp3) is 0.600. The number of hydrogen-bond acceptors (Lipinski definition) is 4. The van der Waals surface area contributed by atoms with Crippen LogP contribution in [0.15, 0.2) is 24.3 Å². The lowest BCUT2D eigenvalue weighted by Gasteiger charge is -2.29. The fourth-order valence-corrected chi connectivity index (χ4v) is 3.76. The predicted molar refractivity (Wildman–Crippen MR) is 99.6 cm³/mol. The molecule has 6 heteroatoms.